The van der Waals surface area contributed by atoms with Gasteiger partial charge < -0.3 is 9.64 Å². The maximum atomic E-state index is 12.6. The van der Waals surface area contributed by atoms with Gasteiger partial charge in [0.05, 0.1) is 18.6 Å². The van der Waals surface area contributed by atoms with Crippen molar-refractivity contribution in [3.05, 3.63) is 53.9 Å². The van der Waals surface area contributed by atoms with E-state index in [-0.39, 0.29) is 12.3 Å². The van der Waals surface area contributed by atoms with E-state index >= 15 is 0 Å². The van der Waals surface area contributed by atoms with Gasteiger partial charge in [-0.15, -0.1) is 0 Å². The number of fused-ring (bicyclic) bond motifs is 3. The second-order valence-electron chi connectivity index (χ2n) is 7.16. The fourth-order valence-electron chi connectivity index (χ4n) is 3.44. The lowest BCUT2D eigenvalue weighted by molar-refractivity contribution is 0.287. The van der Waals surface area contributed by atoms with Crippen LogP contribution in [0.3, 0.4) is 0 Å². The van der Waals surface area contributed by atoms with Crippen LogP contribution >= 0.6 is 0 Å². The SMILES string of the molecule is CCS(=O)(=O)N1CCCOc2cccc(c2)CN(C)c2ccn3ncc(c3n2)C1. The normalized spacial score (nSPS) is 16.4. The number of hydrogen-bond acceptors (Lipinski definition) is 6. The van der Waals surface area contributed by atoms with Crippen LogP contribution in [0.4, 0.5) is 5.82 Å². The third-order valence-corrected chi connectivity index (χ3v) is 6.89. The van der Waals surface area contributed by atoms with Gasteiger partial charge in [0.1, 0.15) is 11.6 Å². The van der Waals surface area contributed by atoms with Gasteiger partial charge in [0.15, 0.2) is 5.65 Å². The maximum Gasteiger partial charge on any atom is 0.214 e. The summed E-state index contributed by atoms with van der Waals surface area (Å²) in [7, 11) is -1.38. The van der Waals surface area contributed by atoms with E-state index in [9.17, 15) is 8.42 Å². The molecule has 0 fully saturated rings. The van der Waals surface area contributed by atoms with Gasteiger partial charge in [-0.1, -0.05) is 12.1 Å². The topological polar surface area (TPSA) is 80.0 Å². The summed E-state index contributed by atoms with van der Waals surface area (Å²) < 4.78 is 34.3. The lowest BCUT2D eigenvalue weighted by atomic mass is 10.2. The van der Waals surface area contributed by atoms with Crippen LogP contribution in [0.25, 0.3) is 5.65 Å². The Morgan fingerprint density at radius 2 is 2.07 bits per heavy atom. The van der Waals surface area contributed by atoms with E-state index in [1.54, 1.807) is 17.6 Å². The molecule has 154 valence electrons. The van der Waals surface area contributed by atoms with Gasteiger partial charge in [-0.25, -0.2) is 17.9 Å². The van der Waals surface area contributed by atoms with Crippen molar-refractivity contribution in [3.63, 3.8) is 0 Å². The molecule has 4 bridgehead atoms. The number of rotatable bonds is 2. The van der Waals surface area contributed by atoms with Crippen molar-refractivity contribution in [3.8, 4) is 5.75 Å². The zero-order chi connectivity index (χ0) is 20.4. The maximum absolute atomic E-state index is 12.6. The first kappa shape index (κ1) is 19.7. The van der Waals surface area contributed by atoms with Crippen LogP contribution in [-0.4, -0.2) is 53.3 Å². The Labute approximate surface area is 170 Å². The van der Waals surface area contributed by atoms with Crippen LogP contribution in [0, 0.1) is 0 Å². The van der Waals surface area contributed by atoms with Crippen molar-refractivity contribution in [2.45, 2.75) is 26.4 Å². The Balaban J connectivity index is 1.76. The molecule has 0 radical (unpaired) electrons. The molecule has 8 nitrogen and oxygen atoms in total. The Bertz CT molecular complexity index is 1110. The van der Waals surface area contributed by atoms with Crippen molar-refractivity contribution >= 4 is 21.5 Å². The smallest absolute Gasteiger partial charge is 0.214 e. The lowest BCUT2D eigenvalue weighted by Crippen LogP contribution is -2.33. The Kier molecular flexibility index (Phi) is 5.42. The molecule has 0 saturated heterocycles. The number of aromatic nitrogens is 3. The Hall–Kier alpha value is -2.65. The van der Waals surface area contributed by atoms with E-state index in [0.717, 1.165) is 22.7 Å². The van der Waals surface area contributed by atoms with E-state index in [1.807, 2.05) is 37.5 Å². The lowest BCUT2D eigenvalue weighted by Gasteiger charge is -2.21. The average Bonchev–Trinajstić information content (AvgIpc) is 3.12. The first-order chi connectivity index (χ1) is 14.0. The molecule has 3 aromatic rings. The highest BCUT2D eigenvalue weighted by Gasteiger charge is 2.22. The fraction of sp³-hybridized carbons (Fsp3) is 0.400. The molecular weight excluding hydrogens is 390 g/mol. The average molecular weight is 416 g/mol. The fourth-order valence-corrected chi connectivity index (χ4v) is 4.55. The third kappa shape index (κ3) is 4.20. The van der Waals surface area contributed by atoms with Gasteiger partial charge in [0, 0.05) is 38.4 Å². The van der Waals surface area contributed by atoms with Gasteiger partial charge in [-0.2, -0.15) is 9.40 Å². The molecule has 4 rings (SSSR count). The quantitative estimate of drug-likeness (QED) is 0.639. The molecule has 3 heterocycles. The molecular formula is C20H25N5O3S. The van der Waals surface area contributed by atoms with Gasteiger partial charge in [-0.3, -0.25) is 0 Å². The molecule has 1 aliphatic rings. The predicted octanol–water partition coefficient (Wildman–Crippen LogP) is 2.30. The highest BCUT2D eigenvalue weighted by molar-refractivity contribution is 7.89. The van der Waals surface area contributed by atoms with Gasteiger partial charge in [0.2, 0.25) is 10.0 Å². The predicted molar refractivity (Wildman–Crippen MR) is 112 cm³/mol. The van der Waals surface area contributed by atoms with E-state index in [1.165, 1.54) is 4.31 Å². The molecule has 0 aliphatic carbocycles. The summed E-state index contributed by atoms with van der Waals surface area (Å²) in [6, 6.07) is 9.86. The highest BCUT2D eigenvalue weighted by atomic mass is 32.2. The molecule has 1 aromatic carbocycles. The number of nitrogens with zero attached hydrogens (tertiary/aromatic N) is 5. The van der Waals surface area contributed by atoms with Crippen molar-refractivity contribution in [2.24, 2.45) is 0 Å². The van der Waals surface area contributed by atoms with Crippen LogP contribution < -0.4 is 9.64 Å². The summed E-state index contributed by atoms with van der Waals surface area (Å²) in [6.45, 7) is 3.42. The largest absolute Gasteiger partial charge is 0.494 e. The van der Waals surface area contributed by atoms with Crippen molar-refractivity contribution in [1.29, 1.82) is 0 Å². The first-order valence-corrected chi connectivity index (χ1v) is 11.3. The first-order valence-electron chi connectivity index (χ1n) is 9.70. The van der Waals surface area contributed by atoms with E-state index < -0.39 is 10.0 Å². The molecule has 0 atom stereocenters. The number of sulfonamides is 1. The van der Waals surface area contributed by atoms with E-state index in [2.05, 4.69) is 16.1 Å². The summed E-state index contributed by atoms with van der Waals surface area (Å²) in [5.41, 5.74) is 2.57. The molecule has 9 heteroatoms. The van der Waals surface area contributed by atoms with E-state index in [0.29, 0.717) is 31.8 Å². The van der Waals surface area contributed by atoms with Crippen LogP contribution in [0.5, 0.6) is 5.75 Å². The Morgan fingerprint density at radius 3 is 2.90 bits per heavy atom. The molecule has 0 amide bonds. The number of ether oxygens (including phenoxy) is 1. The minimum atomic E-state index is -3.36. The van der Waals surface area contributed by atoms with Gasteiger partial charge in [0.25, 0.3) is 0 Å². The number of benzene rings is 1. The zero-order valence-corrected chi connectivity index (χ0v) is 17.5. The number of anilines is 1. The van der Waals surface area contributed by atoms with Crippen LogP contribution in [0.2, 0.25) is 0 Å². The summed E-state index contributed by atoms with van der Waals surface area (Å²) in [5, 5.41) is 4.34. The van der Waals surface area contributed by atoms with Crippen molar-refractivity contribution < 1.29 is 13.2 Å². The second-order valence-corrected chi connectivity index (χ2v) is 9.42. The third-order valence-electron chi connectivity index (χ3n) is 5.06. The van der Waals surface area contributed by atoms with Crippen LogP contribution in [0.1, 0.15) is 24.5 Å². The summed E-state index contributed by atoms with van der Waals surface area (Å²) in [5.74, 6) is 1.64. The molecule has 2 aromatic heterocycles. The minimum absolute atomic E-state index is 0.0521. The summed E-state index contributed by atoms with van der Waals surface area (Å²) >= 11 is 0. The molecule has 0 N–H and O–H groups in total. The van der Waals surface area contributed by atoms with Crippen LogP contribution in [0.15, 0.2) is 42.7 Å². The zero-order valence-electron chi connectivity index (χ0n) is 16.7. The Morgan fingerprint density at radius 1 is 1.21 bits per heavy atom. The summed E-state index contributed by atoms with van der Waals surface area (Å²) in [4.78, 5) is 6.82. The molecule has 0 spiro atoms. The van der Waals surface area contributed by atoms with Gasteiger partial charge >= 0.3 is 0 Å². The number of hydrogen-bond donors (Lipinski definition) is 0. The molecule has 29 heavy (non-hydrogen) atoms. The standard InChI is InChI=1S/C20H25N5O3S/c1-3-29(26,27)24-9-5-11-28-18-7-4-6-16(12-18)14-23(2)19-8-10-25-20(22-19)17(15-24)13-21-25/h4,6-8,10,12-13H,3,5,9,11,14-15H2,1-2H3. The minimum Gasteiger partial charge on any atom is -0.494 e. The second kappa shape index (κ2) is 8.00. The summed E-state index contributed by atoms with van der Waals surface area (Å²) in [6.07, 6.45) is 4.15. The molecule has 0 saturated carbocycles. The van der Waals surface area contributed by atoms with Crippen molar-refractivity contribution in [1.82, 2.24) is 18.9 Å². The highest BCUT2D eigenvalue weighted by Crippen LogP contribution is 2.21. The molecule has 1 aliphatic heterocycles. The van der Waals surface area contributed by atoms with Crippen molar-refractivity contribution in [2.75, 3.05) is 30.9 Å². The van der Waals surface area contributed by atoms with Gasteiger partial charge in [-0.05, 0) is 37.1 Å². The molecule has 0 unspecified atom stereocenters. The van der Waals surface area contributed by atoms with Crippen LogP contribution in [-0.2, 0) is 23.1 Å². The van der Waals surface area contributed by atoms with E-state index in [4.69, 9.17) is 9.72 Å². The monoisotopic (exact) mass is 415 g/mol.